The Balaban J connectivity index is 1.69. The summed E-state index contributed by atoms with van der Waals surface area (Å²) in [6.45, 7) is 0.475. The van der Waals surface area contributed by atoms with Crippen molar-refractivity contribution >= 4 is 11.6 Å². The molecule has 3 rings (SSSR count). The summed E-state index contributed by atoms with van der Waals surface area (Å²) >= 11 is 5.71. The molecular weight excluding hydrogens is 260 g/mol. The fraction of sp³-hybridized carbons (Fsp3) is 0.333. The molecule has 1 aliphatic carbocycles. The third kappa shape index (κ3) is 2.94. The third-order valence-electron chi connectivity index (χ3n) is 3.42. The van der Waals surface area contributed by atoms with Crippen LogP contribution >= 0.6 is 11.6 Å². The first-order valence-electron chi connectivity index (χ1n) is 6.49. The van der Waals surface area contributed by atoms with Gasteiger partial charge in [-0.15, -0.1) is 0 Å². The van der Waals surface area contributed by atoms with Crippen LogP contribution in [0.1, 0.15) is 35.8 Å². The average Bonchev–Trinajstić information content (AvgIpc) is 2.47. The van der Waals surface area contributed by atoms with Crippen LogP contribution in [0.2, 0.25) is 5.15 Å². The van der Waals surface area contributed by atoms with Crippen LogP contribution in [0.25, 0.3) is 0 Å². The number of nitrogens with zero attached hydrogens (tertiary/aromatic N) is 2. The summed E-state index contributed by atoms with van der Waals surface area (Å²) in [5, 5.41) is 0.409. The molecule has 4 heteroatoms. The van der Waals surface area contributed by atoms with E-state index in [0.717, 1.165) is 18.5 Å². The molecule has 0 saturated carbocycles. The third-order valence-corrected chi connectivity index (χ3v) is 3.62. The first-order chi connectivity index (χ1) is 9.33. The molecule has 1 heterocycles. The van der Waals surface area contributed by atoms with Crippen LogP contribution in [0, 0.1) is 0 Å². The maximum Gasteiger partial charge on any atom is 0.147 e. The van der Waals surface area contributed by atoms with Crippen LogP contribution in [0.5, 0.6) is 0 Å². The lowest BCUT2D eigenvalue weighted by Crippen LogP contribution is -2.13. The van der Waals surface area contributed by atoms with Gasteiger partial charge >= 0.3 is 0 Å². The van der Waals surface area contributed by atoms with Gasteiger partial charge in [0.05, 0.1) is 30.8 Å². The number of aromatic nitrogens is 2. The molecule has 1 atom stereocenters. The van der Waals surface area contributed by atoms with Gasteiger partial charge in [0.1, 0.15) is 5.15 Å². The predicted octanol–water partition coefficient (Wildman–Crippen LogP) is 3.72. The van der Waals surface area contributed by atoms with Crippen molar-refractivity contribution in [1.82, 2.24) is 9.97 Å². The van der Waals surface area contributed by atoms with Crippen molar-refractivity contribution in [3.05, 3.63) is 58.6 Å². The number of hydrogen-bond acceptors (Lipinski definition) is 3. The molecular formula is C15H15ClN2O. The van der Waals surface area contributed by atoms with E-state index < -0.39 is 0 Å². The first-order valence-corrected chi connectivity index (χ1v) is 6.86. The zero-order valence-corrected chi connectivity index (χ0v) is 11.3. The molecule has 0 N–H and O–H groups in total. The number of halogens is 1. The standard InChI is InChI=1S/C15H15ClN2O/c16-15-9-17-12(8-18-15)10-19-14-7-3-5-11-4-1-2-6-13(11)14/h1-2,4,6,8-9,14H,3,5,7,10H2. The molecule has 1 aromatic carbocycles. The van der Waals surface area contributed by atoms with Crippen molar-refractivity contribution in [1.29, 1.82) is 0 Å². The highest BCUT2D eigenvalue weighted by Crippen LogP contribution is 2.32. The van der Waals surface area contributed by atoms with Gasteiger partial charge in [-0.3, -0.25) is 4.98 Å². The van der Waals surface area contributed by atoms with E-state index in [1.54, 1.807) is 12.4 Å². The molecule has 0 aliphatic heterocycles. The quantitative estimate of drug-likeness (QED) is 0.855. The van der Waals surface area contributed by atoms with Crippen molar-refractivity contribution in [2.45, 2.75) is 32.0 Å². The van der Waals surface area contributed by atoms with Gasteiger partial charge in [0, 0.05) is 0 Å². The highest BCUT2D eigenvalue weighted by atomic mass is 35.5. The summed E-state index contributed by atoms with van der Waals surface area (Å²) in [6.07, 6.45) is 6.77. The van der Waals surface area contributed by atoms with E-state index in [1.165, 1.54) is 17.5 Å². The summed E-state index contributed by atoms with van der Waals surface area (Å²) in [5.74, 6) is 0. The zero-order chi connectivity index (χ0) is 13.1. The molecule has 1 aliphatic rings. The highest BCUT2D eigenvalue weighted by molar-refractivity contribution is 6.29. The SMILES string of the molecule is Clc1cnc(COC2CCCc3ccccc32)cn1. The first kappa shape index (κ1) is 12.6. The Morgan fingerprint density at radius 2 is 2.11 bits per heavy atom. The van der Waals surface area contributed by atoms with E-state index in [0.29, 0.717) is 11.8 Å². The van der Waals surface area contributed by atoms with Crippen molar-refractivity contribution in [3.8, 4) is 0 Å². The number of ether oxygens (including phenoxy) is 1. The molecule has 0 amide bonds. The summed E-state index contributed by atoms with van der Waals surface area (Å²) in [6, 6.07) is 8.51. The second-order valence-electron chi connectivity index (χ2n) is 4.72. The minimum Gasteiger partial charge on any atom is -0.367 e. The van der Waals surface area contributed by atoms with Crippen molar-refractivity contribution < 1.29 is 4.74 Å². The van der Waals surface area contributed by atoms with Gasteiger partial charge in [-0.2, -0.15) is 0 Å². The molecule has 0 saturated heterocycles. The number of rotatable bonds is 3. The molecule has 2 aromatic rings. The van der Waals surface area contributed by atoms with E-state index in [4.69, 9.17) is 16.3 Å². The van der Waals surface area contributed by atoms with Crippen molar-refractivity contribution in [3.63, 3.8) is 0 Å². The lowest BCUT2D eigenvalue weighted by Gasteiger charge is -2.25. The van der Waals surface area contributed by atoms with Gasteiger partial charge in [-0.25, -0.2) is 4.98 Å². The maximum absolute atomic E-state index is 5.99. The maximum atomic E-state index is 5.99. The van der Waals surface area contributed by atoms with Crippen LogP contribution in [0.4, 0.5) is 0 Å². The molecule has 19 heavy (non-hydrogen) atoms. The minimum absolute atomic E-state index is 0.169. The van der Waals surface area contributed by atoms with E-state index in [2.05, 4.69) is 34.2 Å². The van der Waals surface area contributed by atoms with Gasteiger partial charge in [-0.1, -0.05) is 35.9 Å². The van der Waals surface area contributed by atoms with E-state index >= 15 is 0 Å². The molecule has 0 fully saturated rings. The topological polar surface area (TPSA) is 35.0 Å². The lowest BCUT2D eigenvalue weighted by atomic mass is 9.89. The second kappa shape index (κ2) is 5.68. The van der Waals surface area contributed by atoms with E-state index in [9.17, 15) is 0 Å². The summed E-state index contributed by atoms with van der Waals surface area (Å²) in [5.41, 5.74) is 3.53. The molecule has 98 valence electrons. The van der Waals surface area contributed by atoms with Gasteiger partial charge in [-0.05, 0) is 30.4 Å². The number of fused-ring (bicyclic) bond motifs is 1. The Kier molecular flexibility index (Phi) is 3.76. The fourth-order valence-corrected chi connectivity index (χ4v) is 2.58. The van der Waals surface area contributed by atoms with Gasteiger partial charge < -0.3 is 4.74 Å². The predicted molar refractivity (Wildman–Crippen MR) is 74.0 cm³/mol. The van der Waals surface area contributed by atoms with Crippen LogP contribution < -0.4 is 0 Å². The van der Waals surface area contributed by atoms with Crippen LogP contribution in [0.15, 0.2) is 36.7 Å². The van der Waals surface area contributed by atoms with Crippen LogP contribution in [0.3, 0.4) is 0 Å². The Morgan fingerprint density at radius 3 is 2.95 bits per heavy atom. The lowest BCUT2D eigenvalue weighted by molar-refractivity contribution is 0.0263. The highest BCUT2D eigenvalue weighted by Gasteiger charge is 2.20. The summed E-state index contributed by atoms with van der Waals surface area (Å²) in [7, 11) is 0. The largest absolute Gasteiger partial charge is 0.367 e. The van der Waals surface area contributed by atoms with Crippen LogP contribution in [-0.2, 0) is 17.8 Å². The summed E-state index contributed by atoms with van der Waals surface area (Å²) in [4.78, 5) is 8.21. The Hall–Kier alpha value is -1.45. The molecule has 3 nitrogen and oxygen atoms in total. The molecule has 1 aromatic heterocycles. The van der Waals surface area contributed by atoms with Gasteiger partial charge in [0.25, 0.3) is 0 Å². The molecule has 0 radical (unpaired) electrons. The fourth-order valence-electron chi connectivity index (χ4n) is 2.48. The Morgan fingerprint density at radius 1 is 1.21 bits per heavy atom. The van der Waals surface area contributed by atoms with E-state index in [1.807, 2.05) is 0 Å². The van der Waals surface area contributed by atoms with Crippen LogP contribution in [-0.4, -0.2) is 9.97 Å². The average molecular weight is 275 g/mol. The van der Waals surface area contributed by atoms with Gasteiger partial charge in [0.2, 0.25) is 0 Å². The zero-order valence-electron chi connectivity index (χ0n) is 10.6. The molecule has 0 spiro atoms. The monoisotopic (exact) mass is 274 g/mol. The normalized spacial score (nSPS) is 18.1. The number of aryl methyl sites for hydroxylation is 1. The second-order valence-corrected chi connectivity index (χ2v) is 5.11. The van der Waals surface area contributed by atoms with E-state index in [-0.39, 0.29) is 6.10 Å². The minimum atomic E-state index is 0.169. The van der Waals surface area contributed by atoms with Crippen molar-refractivity contribution in [2.75, 3.05) is 0 Å². The molecule has 0 bridgehead atoms. The number of hydrogen-bond donors (Lipinski definition) is 0. The Labute approximate surface area is 117 Å². The molecule has 1 unspecified atom stereocenters. The summed E-state index contributed by atoms with van der Waals surface area (Å²) < 4.78 is 5.99. The van der Waals surface area contributed by atoms with Gasteiger partial charge in [0.15, 0.2) is 0 Å². The van der Waals surface area contributed by atoms with Crippen molar-refractivity contribution in [2.24, 2.45) is 0 Å². The smallest absolute Gasteiger partial charge is 0.147 e. The number of benzene rings is 1. The Bertz CT molecular complexity index is 556.